The molecule has 0 atom stereocenters. The van der Waals surface area contributed by atoms with E-state index in [1.165, 1.54) is 12.1 Å². The molecule has 98 valence electrons. The summed E-state index contributed by atoms with van der Waals surface area (Å²) in [5.41, 5.74) is 1.84. The lowest BCUT2D eigenvalue weighted by Gasteiger charge is -2.08. The molecule has 0 aliphatic heterocycles. The molecule has 2 rings (SSSR count). The normalized spacial score (nSPS) is 10.2. The van der Waals surface area contributed by atoms with E-state index in [0.717, 1.165) is 15.7 Å². The van der Waals surface area contributed by atoms with Gasteiger partial charge in [-0.1, -0.05) is 27.5 Å². The van der Waals surface area contributed by atoms with Gasteiger partial charge in [-0.3, -0.25) is 10.1 Å². The second-order valence-corrected chi connectivity index (χ2v) is 5.22. The van der Waals surface area contributed by atoms with Gasteiger partial charge in [-0.05, 0) is 35.9 Å². The molecule has 0 aliphatic carbocycles. The summed E-state index contributed by atoms with van der Waals surface area (Å²) in [5.74, 6) is 0. The third-order valence-corrected chi connectivity index (χ3v) is 3.43. The Kier molecular flexibility index (Phi) is 4.39. The van der Waals surface area contributed by atoms with Crippen LogP contribution in [0.1, 0.15) is 5.56 Å². The first-order valence-corrected chi connectivity index (χ1v) is 6.65. The van der Waals surface area contributed by atoms with Crippen LogP contribution in [0.3, 0.4) is 0 Å². The fraction of sp³-hybridized carbons (Fsp3) is 0.0769. The Morgan fingerprint density at radius 2 is 1.89 bits per heavy atom. The second-order valence-electron chi connectivity index (χ2n) is 3.89. The Bertz CT molecular complexity index is 602. The maximum atomic E-state index is 10.5. The molecule has 0 bridgehead atoms. The molecule has 0 aliphatic rings. The van der Waals surface area contributed by atoms with Crippen LogP contribution in [-0.2, 0) is 6.54 Å². The SMILES string of the molecule is O=[N+]([O-])c1ccc(NCc2cc(Br)ccc2Cl)cc1. The molecule has 2 aromatic carbocycles. The van der Waals surface area contributed by atoms with Gasteiger partial charge in [0.05, 0.1) is 4.92 Å². The second kappa shape index (κ2) is 6.04. The lowest BCUT2D eigenvalue weighted by atomic mass is 10.2. The van der Waals surface area contributed by atoms with E-state index in [9.17, 15) is 10.1 Å². The zero-order valence-electron chi connectivity index (χ0n) is 9.77. The molecule has 0 radical (unpaired) electrons. The summed E-state index contributed by atoms with van der Waals surface area (Å²) < 4.78 is 0.956. The number of hydrogen-bond donors (Lipinski definition) is 1. The minimum Gasteiger partial charge on any atom is -0.381 e. The van der Waals surface area contributed by atoms with Gasteiger partial charge in [-0.2, -0.15) is 0 Å². The molecule has 0 amide bonds. The van der Waals surface area contributed by atoms with Gasteiger partial charge in [0, 0.05) is 33.9 Å². The first-order valence-electron chi connectivity index (χ1n) is 5.48. The van der Waals surface area contributed by atoms with Crippen molar-refractivity contribution in [3.05, 3.63) is 67.6 Å². The summed E-state index contributed by atoms with van der Waals surface area (Å²) >= 11 is 9.47. The summed E-state index contributed by atoms with van der Waals surface area (Å²) in [4.78, 5) is 10.1. The molecular formula is C13H10BrClN2O2. The van der Waals surface area contributed by atoms with Gasteiger partial charge < -0.3 is 5.32 Å². The minimum atomic E-state index is -0.422. The van der Waals surface area contributed by atoms with E-state index in [4.69, 9.17) is 11.6 Å². The average Bonchev–Trinajstić information content (AvgIpc) is 2.40. The topological polar surface area (TPSA) is 55.2 Å². The predicted molar refractivity (Wildman–Crippen MR) is 79.6 cm³/mol. The number of nitrogens with one attached hydrogen (secondary N) is 1. The van der Waals surface area contributed by atoms with Crippen LogP contribution in [0.25, 0.3) is 0 Å². The van der Waals surface area contributed by atoms with Gasteiger partial charge in [0.15, 0.2) is 0 Å². The summed E-state index contributed by atoms with van der Waals surface area (Å²) in [6.45, 7) is 0.552. The first kappa shape index (κ1) is 13.8. The number of hydrogen-bond acceptors (Lipinski definition) is 3. The van der Waals surface area contributed by atoms with Crippen molar-refractivity contribution < 1.29 is 4.92 Å². The summed E-state index contributed by atoms with van der Waals surface area (Å²) in [6.07, 6.45) is 0. The fourth-order valence-corrected chi connectivity index (χ4v) is 2.17. The average molecular weight is 342 g/mol. The highest BCUT2D eigenvalue weighted by molar-refractivity contribution is 9.10. The zero-order valence-corrected chi connectivity index (χ0v) is 12.1. The van der Waals surface area contributed by atoms with Crippen molar-refractivity contribution in [3.63, 3.8) is 0 Å². The van der Waals surface area contributed by atoms with Gasteiger partial charge in [0.2, 0.25) is 0 Å². The van der Waals surface area contributed by atoms with Crippen LogP contribution in [0.2, 0.25) is 5.02 Å². The van der Waals surface area contributed by atoms with Crippen LogP contribution in [0.4, 0.5) is 11.4 Å². The Labute approximate surface area is 123 Å². The molecule has 0 aromatic heterocycles. The Hall–Kier alpha value is -1.59. The van der Waals surface area contributed by atoms with E-state index in [1.54, 1.807) is 12.1 Å². The number of nitrogens with zero attached hydrogens (tertiary/aromatic N) is 1. The standard InChI is InChI=1S/C13H10BrClN2O2/c14-10-1-6-13(15)9(7-10)8-16-11-2-4-12(5-3-11)17(18)19/h1-7,16H,8H2. The number of nitro benzene ring substituents is 1. The molecule has 0 fully saturated rings. The number of non-ortho nitro benzene ring substituents is 1. The van der Waals surface area contributed by atoms with Crippen LogP contribution in [0.5, 0.6) is 0 Å². The van der Waals surface area contributed by atoms with E-state index >= 15 is 0 Å². The molecule has 1 N–H and O–H groups in total. The van der Waals surface area contributed by atoms with Crippen LogP contribution in [-0.4, -0.2) is 4.92 Å². The highest BCUT2D eigenvalue weighted by Gasteiger charge is 2.05. The minimum absolute atomic E-state index is 0.0750. The highest BCUT2D eigenvalue weighted by Crippen LogP contribution is 2.22. The van der Waals surface area contributed by atoms with Gasteiger partial charge in [0.1, 0.15) is 0 Å². The van der Waals surface area contributed by atoms with Gasteiger partial charge in [-0.25, -0.2) is 0 Å². The van der Waals surface area contributed by atoms with Crippen LogP contribution >= 0.6 is 27.5 Å². The van der Waals surface area contributed by atoms with Gasteiger partial charge in [-0.15, -0.1) is 0 Å². The lowest BCUT2D eigenvalue weighted by Crippen LogP contribution is -2.00. The zero-order chi connectivity index (χ0) is 13.8. The Morgan fingerprint density at radius 3 is 2.53 bits per heavy atom. The van der Waals surface area contributed by atoms with Crippen molar-refractivity contribution in [2.45, 2.75) is 6.54 Å². The number of benzene rings is 2. The van der Waals surface area contributed by atoms with E-state index in [0.29, 0.717) is 11.6 Å². The van der Waals surface area contributed by atoms with Crippen LogP contribution in [0, 0.1) is 10.1 Å². The molecule has 4 nitrogen and oxygen atoms in total. The maximum absolute atomic E-state index is 10.5. The largest absolute Gasteiger partial charge is 0.381 e. The quantitative estimate of drug-likeness (QED) is 0.652. The monoisotopic (exact) mass is 340 g/mol. The maximum Gasteiger partial charge on any atom is 0.269 e. The molecular weight excluding hydrogens is 332 g/mol. The van der Waals surface area contributed by atoms with Crippen molar-refractivity contribution in [2.24, 2.45) is 0 Å². The molecule has 0 unspecified atom stereocenters. The summed E-state index contributed by atoms with van der Waals surface area (Å²) in [7, 11) is 0. The van der Waals surface area contributed by atoms with Crippen molar-refractivity contribution in [1.29, 1.82) is 0 Å². The van der Waals surface area contributed by atoms with Crippen molar-refractivity contribution >= 4 is 38.9 Å². The highest BCUT2D eigenvalue weighted by atomic mass is 79.9. The van der Waals surface area contributed by atoms with Crippen molar-refractivity contribution in [2.75, 3.05) is 5.32 Å². The number of nitro groups is 1. The van der Waals surface area contributed by atoms with Crippen LogP contribution in [0.15, 0.2) is 46.9 Å². The molecule has 6 heteroatoms. The first-order chi connectivity index (χ1) is 9.06. The van der Waals surface area contributed by atoms with E-state index in [2.05, 4.69) is 21.2 Å². The summed E-state index contributed by atoms with van der Waals surface area (Å²) in [6, 6.07) is 11.9. The van der Waals surface area contributed by atoms with Crippen molar-refractivity contribution in [3.8, 4) is 0 Å². The van der Waals surface area contributed by atoms with Crippen molar-refractivity contribution in [1.82, 2.24) is 0 Å². The number of rotatable bonds is 4. The molecule has 2 aromatic rings. The van der Waals surface area contributed by atoms with Crippen LogP contribution < -0.4 is 5.32 Å². The molecule has 0 spiro atoms. The summed E-state index contributed by atoms with van der Waals surface area (Å²) in [5, 5.41) is 14.4. The third kappa shape index (κ3) is 3.68. The molecule has 0 saturated heterocycles. The third-order valence-electron chi connectivity index (χ3n) is 2.57. The fourth-order valence-electron chi connectivity index (χ4n) is 1.58. The number of anilines is 1. The van der Waals surface area contributed by atoms with E-state index in [-0.39, 0.29) is 5.69 Å². The Balaban J connectivity index is 2.06. The smallest absolute Gasteiger partial charge is 0.269 e. The Morgan fingerprint density at radius 1 is 1.21 bits per heavy atom. The molecule has 0 heterocycles. The lowest BCUT2D eigenvalue weighted by molar-refractivity contribution is -0.384. The van der Waals surface area contributed by atoms with Gasteiger partial charge >= 0.3 is 0 Å². The molecule has 0 saturated carbocycles. The predicted octanol–water partition coefficient (Wildman–Crippen LogP) is 4.62. The van der Waals surface area contributed by atoms with E-state index < -0.39 is 4.92 Å². The van der Waals surface area contributed by atoms with Gasteiger partial charge in [0.25, 0.3) is 5.69 Å². The number of halogens is 2. The molecule has 19 heavy (non-hydrogen) atoms. The van der Waals surface area contributed by atoms with E-state index in [1.807, 2.05) is 18.2 Å².